The maximum atomic E-state index is 14.6. The van der Waals surface area contributed by atoms with Crippen LogP contribution in [0.5, 0.6) is 0 Å². The summed E-state index contributed by atoms with van der Waals surface area (Å²) in [5.74, 6) is 2.35. The van der Waals surface area contributed by atoms with E-state index in [1.165, 1.54) is 57.8 Å². The zero-order chi connectivity index (χ0) is 19.4. The molecule has 27 heavy (non-hydrogen) atoms. The van der Waals surface area contributed by atoms with Crippen molar-refractivity contribution in [2.75, 3.05) is 6.61 Å². The molecule has 3 fully saturated rings. The Balaban J connectivity index is 1.41. The quantitative estimate of drug-likeness (QED) is 0.536. The molecule has 3 rings (SSSR count). The predicted molar refractivity (Wildman–Crippen MR) is 105 cm³/mol. The highest BCUT2D eigenvalue weighted by molar-refractivity contribution is 4.94. The minimum absolute atomic E-state index is 0.0126. The van der Waals surface area contributed by atoms with Crippen LogP contribution in [0, 0.1) is 23.7 Å². The molecule has 0 aromatic heterocycles. The van der Waals surface area contributed by atoms with Crippen LogP contribution in [0.25, 0.3) is 0 Å². The van der Waals surface area contributed by atoms with Crippen molar-refractivity contribution in [1.29, 1.82) is 0 Å². The normalized spacial score (nSPS) is 41.8. The Bertz CT molecular complexity index is 430. The Labute approximate surface area is 164 Å². The molecule has 3 aliphatic rings. The van der Waals surface area contributed by atoms with Crippen LogP contribution in [0.4, 0.5) is 8.78 Å². The summed E-state index contributed by atoms with van der Waals surface area (Å²) in [4.78, 5) is 0. The molecule has 5 atom stereocenters. The molecule has 0 bridgehead atoms. The summed E-state index contributed by atoms with van der Waals surface area (Å²) >= 11 is 0. The smallest absolute Gasteiger partial charge is 0.160 e. The van der Waals surface area contributed by atoms with Crippen molar-refractivity contribution in [3.63, 3.8) is 0 Å². The summed E-state index contributed by atoms with van der Waals surface area (Å²) in [7, 11) is 0. The molecule has 2 nitrogen and oxygen atoms in total. The van der Waals surface area contributed by atoms with Crippen LogP contribution in [0.15, 0.2) is 0 Å². The van der Waals surface area contributed by atoms with Gasteiger partial charge in [-0.2, -0.15) is 0 Å². The fourth-order valence-electron chi connectivity index (χ4n) is 5.71. The fourth-order valence-corrected chi connectivity index (χ4v) is 5.71. The van der Waals surface area contributed by atoms with Crippen LogP contribution in [-0.4, -0.2) is 37.3 Å². The van der Waals surface area contributed by atoms with Gasteiger partial charge in [-0.25, -0.2) is 8.78 Å². The van der Waals surface area contributed by atoms with E-state index in [4.69, 9.17) is 9.47 Å². The lowest BCUT2D eigenvalue weighted by atomic mass is 9.71. The molecular formula is C23H40F2O2. The second-order valence-corrected chi connectivity index (χ2v) is 9.80. The monoisotopic (exact) mass is 386 g/mol. The molecule has 4 heteroatoms. The van der Waals surface area contributed by atoms with Crippen LogP contribution in [0.2, 0.25) is 0 Å². The van der Waals surface area contributed by atoms with E-state index in [-0.39, 0.29) is 12.0 Å². The lowest BCUT2D eigenvalue weighted by Gasteiger charge is -2.40. The van der Waals surface area contributed by atoms with E-state index in [0.717, 1.165) is 11.8 Å². The number of ether oxygens (including phenoxy) is 2. The Morgan fingerprint density at radius 3 is 2.11 bits per heavy atom. The second-order valence-electron chi connectivity index (χ2n) is 9.80. The summed E-state index contributed by atoms with van der Waals surface area (Å²) < 4.78 is 40.7. The molecule has 0 radical (unpaired) electrons. The van der Waals surface area contributed by atoms with Gasteiger partial charge in [0, 0.05) is 6.61 Å². The minimum Gasteiger partial charge on any atom is -0.375 e. The van der Waals surface area contributed by atoms with Crippen molar-refractivity contribution in [2.45, 2.75) is 116 Å². The fraction of sp³-hybridized carbons (Fsp3) is 1.00. The second kappa shape index (κ2) is 10.0. The molecule has 0 aromatic rings. The van der Waals surface area contributed by atoms with Crippen LogP contribution in [0.1, 0.15) is 85.0 Å². The van der Waals surface area contributed by atoms with Gasteiger partial charge in [0.25, 0.3) is 0 Å². The van der Waals surface area contributed by atoms with E-state index < -0.39 is 24.6 Å². The van der Waals surface area contributed by atoms with Gasteiger partial charge in [-0.05, 0) is 69.6 Å². The zero-order valence-electron chi connectivity index (χ0n) is 17.5. The Morgan fingerprint density at radius 1 is 0.852 bits per heavy atom. The van der Waals surface area contributed by atoms with E-state index in [1.807, 2.05) is 20.8 Å². The predicted octanol–water partition coefficient (Wildman–Crippen LogP) is 6.27. The molecule has 158 valence electrons. The largest absolute Gasteiger partial charge is 0.375 e. The van der Waals surface area contributed by atoms with Gasteiger partial charge in [0.2, 0.25) is 0 Å². The van der Waals surface area contributed by atoms with Crippen molar-refractivity contribution >= 4 is 0 Å². The van der Waals surface area contributed by atoms with Crippen molar-refractivity contribution in [1.82, 2.24) is 0 Å². The third kappa shape index (κ3) is 5.65. The first-order chi connectivity index (χ1) is 13.0. The van der Waals surface area contributed by atoms with Crippen molar-refractivity contribution in [3.8, 4) is 0 Å². The summed E-state index contributed by atoms with van der Waals surface area (Å²) in [6, 6.07) is 0. The van der Waals surface area contributed by atoms with Crippen molar-refractivity contribution < 1.29 is 18.3 Å². The first-order valence-corrected chi connectivity index (χ1v) is 11.5. The first-order valence-electron chi connectivity index (χ1n) is 11.5. The lowest BCUT2D eigenvalue weighted by Crippen LogP contribution is -2.51. The summed E-state index contributed by atoms with van der Waals surface area (Å²) in [5, 5.41) is 0. The highest BCUT2D eigenvalue weighted by Gasteiger charge is 2.46. The number of halogens is 2. The molecule has 5 unspecified atom stereocenters. The number of rotatable bonds is 6. The third-order valence-electron chi connectivity index (χ3n) is 7.32. The molecule has 3 aliphatic carbocycles. The Kier molecular flexibility index (Phi) is 7.96. The molecule has 3 saturated carbocycles. The van der Waals surface area contributed by atoms with Crippen LogP contribution in [0.3, 0.4) is 0 Å². The average molecular weight is 387 g/mol. The third-order valence-corrected chi connectivity index (χ3v) is 7.32. The van der Waals surface area contributed by atoms with Crippen LogP contribution in [-0.2, 0) is 9.47 Å². The average Bonchev–Trinajstić information content (AvgIpc) is 2.68. The molecule has 0 saturated heterocycles. The maximum Gasteiger partial charge on any atom is 0.160 e. The summed E-state index contributed by atoms with van der Waals surface area (Å²) in [6.45, 7) is 6.30. The van der Waals surface area contributed by atoms with E-state index in [9.17, 15) is 8.78 Å². The number of hydrogen-bond acceptors (Lipinski definition) is 2. The molecule has 0 N–H and O–H groups in total. The van der Waals surface area contributed by atoms with Gasteiger partial charge < -0.3 is 9.47 Å². The van der Waals surface area contributed by atoms with Gasteiger partial charge in [-0.3, -0.25) is 0 Å². The molecule has 0 amide bonds. The lowest BCUT2D eigenvalue weighted by molar-refractivity contribution is -0.155. The van der Waals surface area contributed by atoms with E-state index >= 15 is 0 Å². The van der Waals surface area contributed by atoms with Gasteiger partial charge in [-0.1, -0.05) is 39.0 Å². The summed E-state index contributed by atoms with van der Waals surface area (Å²) in [5.41, 5.74) is 0. The highest BCUT2D eigenvalue weighted by atomic mass is 19.2. The Morgan fingerprint density at radius 2 is 1.48 bits per heavy atom. The molecule has 0 aromatic carbocycles. The molecule has 0 aliphatic heterocycles. The number of alkyl halides is 2. The van der Waals surface area contributed by atoms with E-state index in [2.05, 4.69) is 0 Å². The van der Waals surface area contributed by atoms with E-state index in [0.29, 0.717) is 18.9 Å². The van der Waals surface area contributed by atoms with Gasteiger partial charge in [0.15, 0.2) is 12.3 Å². The van der Waals surface area contributed by atoms with Crippen LogP contribution >= 0.6 is 0 Å². The van der Waals surface area contributed by atoms with Crippen molar-refractivity contribution in [3.05, 3.63) is 0 Å². The number of hydrogen-bond donors (Lipinski definition) is 0. The van der Waals surface area contributed by atoms with Gasteiger partial charge in [0.1, 0.15) is 0 Å². The highest BCUT2D eigenvalue weighted by Crippen LogP contribution is 2.40. The standard InChI is InChI=1S/C23H40F2O2/c1-15(2)27-23-16(3)13-20(21(24)22(23)25)26-14-17-9-11-19(12-10-17)18-7-5-4-6-8-18/h15-23H,4-14H2,1-3H3. The topological polar surface area (TPSA) is 18.5 Å². The van der Waals surface area contributed by atoms with Crippen LogP contribution < -0.4 is 0 Å². The van der Waals surface area contributed by atoms with Gasteiger partial charge in [0.05, 0.1) is 18.3 Å². The molecule has 0 spiro atoms. The van der Waals surface area contributed by atoms with Crippen molar-refractivity contribution in [2.24, 2.45) is 23.7 Å². The minimum atomic E-state index is -1.58. The van der Waals surface area contributed by atoms with E-state index in [1.54, 1.807) is 0 Å². The molecule has 0 heterocycles. The maximum absolute atomic E-state index is 14.6. The van der Waals surface area contributed by atoms with Gasteiger partial charge in [-0.15, -0.1) is 0 Å². The first kappa shape index (κ1) is 21.5. The molecular weight excluding hydrogens is 346 g/mol. The SMILES string of the molecule is CC(C)OC1C(C)CC(OCC2CCC(C3CCCCC3)CC2)C(F)C1F. The van der Waals surface area contributed by atoms with Gasteiger partial charge >= 0.3 is 0 Å². The summed E-state index contributed by atoms with van der Waals surface area (Å²) in [6.07, 6.45) is 8.14. The zero-order valence-corrected chi connectivity index (χ0v) is 17.5. The Hall–Kier alpha value is -0.220.